The minimum Gasteiger partial charge on any atom is -0.438 e. The molecule has 1 fully saturated rings. The standard InChI is InChI=1S/C12H19N3O2/c1-8-4-3-5-10(6-13)15(8)12(16)11-9(2)14-7-17-11/h7-8,10H,3-6,13H2,1-2H3. The first-order valence-electron chi connectivity index (χ1n) is 6.08. The second kappa shape index (κ2) is 4.87. The van der Waals surface area contributed by atoms with Crippen molar-refractivity contribution in [3.8, 4) is 0 Å². The lowest BCUT2D eigenvalue weighted by atomic mass is 9.96. The molecular formula is C12H19N3O2. The lowest BCUT2D eigenvalue weighted by molar-refractivity contribution is 0.0461. The summed E-state index contributed by atoms with van der Waals surface area (Å²) in [6.45, 7) is 4.34. The number of rotatable bonds is 2. The minimum atomic E-state index is -0.0809. The van der Waals surface area contributed by atoms with Gasteiger partial charge in [0.15, 0.2) is 6.39 Å². The molecule has 0 radical (unpaired) electrons. The number of amides is 1. The maximum Gasteiger partial charge on any atom is 0.292 e. The highest BCUT2D eigenvalue weighted by molar-refractivity contribution is 5.92. The van der Waals surface area contributed by atoms with Gasteiger partial charge in [-0.05, 0) is 33.1 Å². The van der Waals surface area contributed by atoms with Gasteiger partial charge in [0.1, 0.15) is 0 Å². The first-order chi connectivity index (χ1) is 8.15. The van der Waals surface area contributed by atoms with E-state index < -0.39 is 0 Å². The van der Waals surface area contributed by atoms with Crippen molar-refractivity contribution in [2.24, 2.45) is 5.73 Å². The van der Waals surface area contributed by atoms with E-state index in [1.807, 2.05) is 4.90 Å². The topological polar surface area (TPSA) is 72.4 Å². The molecule has 2 unspecified atom stereocenters. The molecule has 1 aliphatic rings. The Kier molecular flexibility index (Phi) is 3.47. The first-order valence-corrected chi connectivity index (χ1v) is 6.08. The molecule has 5 heteroatoms. The maximum atomic E-state index is 12.4. The molecule has 17 heavy (non-hydrogen) atoms. The lowest BCUT2D eigenvalue weighted by Crippen LogP contribution is -2.51. The number of carbonyl (C=O) groups is 1. The molecule has 5 nitrogen and oxygen atoms in total. The zero-order chi connectivity index (χ0) is 12.4. The van der Waals surface area contributed by atoms with Crippen molar-refractivity contribution >= 4 is 5.91 Å². The van der Waals surface area contributed by atoms with Gasteiger partial charge in [-0.3, -0.25) is 4.79 Å². The molecule has 1 aliphatic heterocycles. The van der Waals surface area contributed by atoms with E-state index in [1.54, 1.807) is 6.92 Å². The molecule has 1 aromatic rings. The van der Waals surface area contributed by atoms with Gasteiger partial charge in [-0.1, -0.05) is 0 Å². The van der Waals surface area contributed by atoms with Crippen molar-refractivity contribution in [2.45, 2.75) is 45.2 Å². The number of carbonyl (C=O) groups excluding carboxylic acids is 1. The molecular weight excluding hydrogens is 218 g/mol. The van der Waals surface area contributed by atoms with Crippen LogP contribution in [0.4, 0.5) is 0 Å². The molecule has 0 aliphatic carbocycles. The molecule has 1 amide bonds. The van der Waals surface area contributed by atoms with Crippen molar-refractivity contribution in [2.75, 3.05) is 6.54 Å². The number of aryl methyl sites for hydroxylation is 1. The van der Waals surface area contributed by atoms with Gasteiger partial charge < -0.3 is 15.1 Å². The fourth-order valence-corrected chi connectivity index (χ4v) is 2.51. The summed E-state index contributed by atoms with van der Waals surface area (Å²) in [5.74, 6) is 0.264. The van der Waals surface area contributed by atoms with Gasteiger partial charge in [-0.2, -0.15) is 0 Å². The highest BCUT2D eigenvalue weighted by Crippen LogP contribution is 2.25. The smallest absolute Gasteiger partial charge is 0.292 e. The second-order valence-corrected chi connectivity index (χ2v) is 4.65. The van der Waals surface area contributed by atoms with E-state index in [-0.39, 0.29) is 18.0 Å². The average molecular weight is 237 g/mol. The zero-order valence-electron chi connectivity index (χ0n) is 10.3. The van der Waals surface area contributed by atoms with E-state index in [9.17, 15) is 4.79 Å². The van der Waals surface area contributed by atoms with Gasteiger partial charge >= 0.3 is 0 Å². The Morgan fingerprint density at radius 2 is 2.41 bits per heavy atom. The SMILES string of the molecule is Cc1ncoc1C(=O)N1C(C)CCCC1CN. The molecule has 2 N–H and O–H groups in total. The Morgan fingerprint density at radius 3 is 3.00 bits per heavy atom. The molecule has 0 aromatic carbocycles. The molecule has 2 atom stereocenters. The van der Waals surface area contributed by atoms with Crippen LogP contribution in [0.2, 0.25) is 0 Å². The fraction of sp³-hybridized carbons (Fsp3) is 0.667. The molecule has 0 bridgehead atoms. The zero-order valence-corrected chi connectivity index (χ0v) is 10.3. The van der Waals surface area contributed by atoms with Crippen molar-refractivity contribution < 1.29 is 9.21 Å². The van der Waals surface area contributed by atoms with Crippen LogP contribution in [-0.4, -0.2) is 34.4 Å². The summed E-state index contributed by atoms with van der Waals surface area (Å²) in [6.07, 6.45) is 4.44. The van der Waals surface area contributed by atoms with Crippen LogP contribution < -0.4 is 5.73 Å². The van der Waals surface area contributed by atoms with Crippen LogP contribution >= 0.6 is 0 Å². The second-order valence-electron chi connectivity index (χ2n) is 4.65. The van der Waals surface area contributed by atoms with E-state index in [2.05, 4.69) is 11.9 Å². The predicted molar refractivity (Wildman–Crippen MR) is 63.6 cm³/mol. The van der Waals surface area contributed by atoms with E-state index in [0.29, 0.717) is 18.0 Å². The van der Waals surface area contributed by atoms with Crippen molar-refractivity contribution in [3.05, 3.63) is 17.8 Å². The van der Waals surface area contributed by atoms with E-state index in [0.717, 1.165) is 19.3 Å². The molecule has 2 rings (SSSR count). The first kappa shape index (κ1) is 12.1. The third-order valence-electron chi connectivity index (χ3n) is 3.47. The van der Waals surface area contributed by atoms with Gasteiger partial charge in [-0.25, -0.2) is 4.98 Å². The Hall–Kier alpha value is -1.36. The van der Waals surface area contributed by atoms with Gasteiger partial charge in [0.2, 0.25) is 5.76 Å². The Bertz CT molecular complexity index is 402. The lowest BCUT2D eigenvalue weighted by Gasteiger charge is -2.39. The molecule has 1 saturated heterocycles. The van der Waals surface area contributed by atoms with E-state index >= 15 is 0 Å². The number of piperidine rings is 1. The van der Waals surface area contributed by atoms with E-state index in [4.69, 9.17) is 10.2 Å². The maximum absolute atomic E-state index is 12.4. The Labute approximate surface area is 101 Å². The number of oxazole rings is 1. The van der Waals surface area contributed by atoms with Crippen LogP contribution in [0.3, 0.4) is 0 Å². The van der Waals surface area contributed by atoms with Crippen LogP contribution in [-0.2, 0) is 0 Å². The molecule has 0 saturated carbocycles. The van der Waals surface area contributed by atoms with Gasteiger partial charge in [0.25, 0.3) is 5.91 Å². The third kappa shape index (κ3) is 2.20. The van der Waals surface area contributed by atoms with E-state index in [1.165, 1.54) is 6.39 Å². The van der Waals surface area contributed by atoms with Crippen LogP contribution in [0, 0.1) is 6.92 Å². The molecule has 1 aromatic heterocycles. The van der Waals surface area contributed by atoms with Crippen LogP contribution in [0.5, 0.6) is 0 Å². The van der Waals surface area contributed by atoms with Gasteiger partial charge in [0, 0.05) is 18.6 Å². The fourth-order valence-electron chi connectivity index (χ4n) is 2.51. The summed E-state index contributed by atoms with van der Waals surface area (Å²) in [4.78, 5) is 18.2. The summed E-state index contributed by atoms with van der Waals surface area (Å²) < 4.78 is 5.18. The number of nitrogens with two attached hydrogens (primary N) is 1. The molecule has 0 spiro atoms. The van der Waals surface area contributed by atoms with Crippen molar-refractivity contribution in [1.29, 1.82) is 0 Å². The van der Waals surface area contributed by atoms with Crippen LogP contribution in [0.1, 0.15) is 42.4 Å². The summed E-state index contributed by atoms with van der Waals surface area (Å²) in [6, 6.07) is 0.338. The summed E-state index contributed by atoms with van der Waals surface area (Å²) >= 11 is 0. The summed E-state index contributed by atoms with van der Waals surface area (Å²) in [7, 11) is 0. The number of aromatic nitrogens is 1. The normalized spacial score (nSPS) is 25.0. The van der Waals surface area contributed by atoms with Gasteiger partial charge in [0.05, 0.1) is 5.69 Å². The quantitative estimate of drug-likeness (QED) is 0.842. The number of hydrogen-bond donors (Lipinski definition) is 1. The molecule has 2 heterocycles. The number of nitrogens with zero attached hydrogens (tertiary/aromatic N) is 2. The average Bonchev–Trinajstić information content (AvgIpc) is 2.74. The minimum absolute atomic E-state index is 0.0809. The monoisotopic (exact) mass is 237 g/mol. The third-order valence-corrected chi connectivity index (χ3v) is 3.47. The number of hydrogen-bond acceptors (Lipinski definition) is 4. The Morgan fingerprint density at radius 1 is 1.65 bits per heavy atom. The van der Waals surface area contributed by atoms with Crippen LogP contribution in [0.15, 0.2) is 10.8 Å². The van der Waals surface area contributed by atoms with Crippen LogP contribution in [0.25, 0.3) is 0 Å². The highest BCUT2D eigenvalue weighted by atomic mass is 16.3. The Balaban J connectivity index is 2.24. The highest BCUT2D eigenvalue weighted by Gasteiger charge is 2.33. The predicted octanol–water partition coefficient (Wildman–Crippen LogP) is 1.32. The summed E-state index contributed by atoms with van der Waals surface area (Å²) in [5.41, 5.74) is 6.39. The van der Waals surface area contributed by atoms with Crippen molar-refractivity contribution in [1.82, 2.24) is 9.88 Å². The molecule has 94 valence electrons. The summed E-state index contributed by atoms with van der Waals surface area (Å²) in [5, 5.41) is 0. The van der Waals surface area contributed by atoms with Gasteiger partial charge in [-0.15, -0.1) is 0 Å². The largest absolute Gasteiger partial charge is 0.438 e. The number of likely N-dealkylation sites (tertiary alicyclic amines) is 1. The van der Waals surface area contributed by atoms with Crippen molar-refractivity contribution in [3.63, 3.8) is 0 Å².